The number of esters is 1. The Bertz CT molecular complexity index is 331. The minimum absolute atomic E-state index is 0.180. The molecule has 0 saturated carbocycles. The summed E-state index contributed by atoms with van der Waals surface area (Å²) in [6.45, 7) is 2.65. The third-order valence-electron chi connectivity index (χ3n) is 2.53. The molecule has 2 heteroatoms. The summed E-state index contributed by atoms with van der Waals surface area (Å²) in [7, 11) is 0. The first-order chi connectivity index (χ1) is 6.33. The number of rotatable bonds is 1. The SMILES string of the molecule is CCC1COC(=O)c2ccccc21. The lowest BCUT2D eigenvalue weighted by Gasteiger charge is -2.23. The minimum atomic E-state index is -0.180. The van der Waals surface area contributed by atoms with E-state index in [9.17, 15) is 4.79 Å². The molecule has 1 aromatic rings. The van der Waals surface area contributed by atoms with Crippen LogP contribution in [0.3, 0.4) is 0 Å². The van der Waals surface area contributed by atoms with E-state index in [1.54, 1.807) is 0 Å². The molecule has 13 heavy (non-hydrogen) atoms. The van der Waals surface area contributed by atoms with E-state index >= 15 is 0 Å². The summed E-state index contributed by atoms with van der Waals surface area (Å²) in [5.41, 5.74) is 1.88. The van der Waals surface area contributed by atoms with Crippen LogP contribution in [0.2, 0.25) is 0 Å². The van der Waals surface area contributed by atoms with E-state index in [-0.39, 0.29) is 5.97 Å². The van der Waals surface area contributed by atoms with Gasteiger partial charge >= 0.3 is 5.97 Å². The van der Waals surface area contributed by atoms with Gasteiger partial charge in [-0.1, -0.05) is 25.1 Å². The maximum atomic E-state index is 11.3. The summed E-state index contributed by atoms with van der Waals surface area (Å²) in [4.78, 5) is 11.3. The molecule has 0 N–H and O–H groups in total. The predicted octanol–water partition coefficient (Wildman–Crippen LogP) is 2.35. The number of hydrogen-bond acceptors (Lipinski definition) is 2. The van der Waals surface area contributed by atoms with Gasteiger partial charge in [-0.15, -0.1) is 0 Å². The smallest absolute Gasteiger partial charge is 0.338 e. The van der Waals surface area contributed by atoms with Crippen molar-refractivity contribution in [3.8, 4) is 0 Å². The van der Waals surface area contributed by atoms with Crippen molar-refractivity contribution in [3.63, 3.8) is 0 Å². The molecule has 0 spiro atoms. The zero-order valence-corrected chi connectivity index (χ0v) is 7.62. The first kappa shape index (κ1) is 8.30. The number of hydrogen-bond donors (Lipinski definition) is 0. The van der Waals surface area contributed by atoms with E-state index in [1.165, 1.54) is 0 Å². The molecule has 0 fully saturated rings. The minimum Gasteiger partial charge on any atom is -0.461 e. The molecule has 1 atom stereocenters. The molecule has 0 radical (unpaired) electrons. The third-order valence-corrected chi connectivity index (χ3v) is 2.53. The van der Waals surface area contributed by atoms with Crippen molar-refractivity contribution in [3.05, 3.63) is 35.4 Å². The predicted molar refractivity (Wildman–Crippen MR) is 49.8 cm³/mol. The molecular formula is C11H12O2. The Morgan fingerprint density at radius 3 is 3.00 bits per heavy atom. The van der Waals surface area contributed by atoms with Crippen molar-refractivity contribution in [1.82, 2.24) is 0 Å². The third kappa shape index (κ3) is 1.32. The van der Waals surface area contributed by atoms with Crippen LogP contribution in [-0.2, 0) is 4.74 Å². The van der Waals surface area contributed by atoms with Crippen LogP contribution >= 0.6 is 0 Å². The molecule has 0 saturated heterocycles. The molecule has 1 unspecified atom stereocenters. The molecule has 1 aliphatic heterocycles. The Morgan fingerprint density at radius 2 is 2.23 bits per heavy atom. The molecule has 0 amide bonds. The summed E-state index contributed by atoms with van der Waals surface area (Å²) in [6, 6.07) is 7.70. The highest BCUT2D eigenvalue weighted by atomic mass is 16.5. The Balaban J connectivity index is 2.47. The van der Waals surface area contributed by atoms with Gasteiger partial charge in [0.25, 0.3) is 0 Å². The molecule has 1 heterocycles. The first-order valence-electron chi connectivity index (χ1n) is 4.59. The zero-order valence-electron chi connectivity index (χ0n) is 7.62. The lowest BCUT2D eigenvalue weighted by molar-refractivity contribution is 0.0438. The van der Waals surface area contributed by atoms with Crippen LogP contribution in [0.15, 0.2) is 24.3 Å². The standard InChI is InChI=1S/C11H12O2/c1-2-8-7-13-11(12)10-6-4-3-5-9(8)10/h3-6,8H,2,7H2,1H3. The Labute approximate surface area is 77.5 Å². The van der Waals surface area contributed by atoms with E-state index < -0.39 is 0 Å². The molecular weight excluding hydrogens is 164 g/mol. The molecule has 2 nitrogen and oxygen atoms in total. The Kier molecular flexibility index (Phi) is 2.05. The second-order valence-electron chi connectivity index (χ2n) is 3.29. The largest absolute Gasteiger partial charge is 0.461 e. The first-order valence-corrected chi connectivity index (χ1v) is 4.59. The second-order valence-corrected chi connectivity index (χ2v) is 3.29. The van der Waals surface area contributed by atoms with Crippen molar-refractivity contribution in [2.24, 2.45) is 0 Å². The van der Waals surface area contributed by atoms with Crippen LogP contribution in [0, 0.1) is 0 Å². The number of benzene rings is 1. The van der Waals surface area contributed by atoms with Gasteiger partial charge in [-0.3, -0.25) is 0 Å². The summed E-state index contributed by atoms with van der Waals surface area (Å²) in [5.74, 6) is 0.203. The zero-order chi connectivity index (χ0) is 9.26. The van der Waals surface area contributed by atoms with Crippen LogP contribution in [0.1, 0.15) is 35.2 Å². The molecule has 0 aromatic heterocycles. The van der Waals surface area contributed by atoms with Gasteiger partial charge in [0, 0.05) is 5.92 Å². The lowest BCUT2D eigenvalue weighted by Crippen LogP contribution is -2.21. The van der Waals surface area contributed by atoms with E-state index in [2.05, 4.69) is 6.92 Å². The van der Waals surface area contributed by atoms with E-state index in [4.69, 9.17) is 4.74 Å². The molecule has 2 rings (SSSR count). The van der Waals surface area contributed by atoms with Gasteiger partial charge in [0.15, 0.2) is 0 Å². The fourth-order valence-electron chi connectivity index (χ4n) is 1.72. The van der Waals surface area contributed by atoms with E-state index in [0.29, 0.717) is 12.5 Å². The number of fused-ring (bicyclic) bond motifs is 1. The van der Waals surface area contributed by atoms with Crippen molar-refractivity contribution in [2.75, 3.05) is 6.61 Å². The average Bonchev–Trinajstić information content (AvgIpc) is 2.19. The molecule has 1 aromatic carbocycles. The molecule has 0 aliphatic carbocycles. The quantitative estimate of drug-likeness (QED) is 0.614. The lowest BCUT2D eigenvalue weighted by atomic mass is 9.91. The Morgan fingerprint density at radius 1 is 1.46 bits per heavy atom. The average molecular weight is 176 g/mol. The van der Waals surface area contributed by atoms with Crippen LogP contribution in [0.5, 0.6) is 0 Å². The highest BCUT2D eigenvalue weighted by Crippen LogP contribution is 2.28. The molecule has 1 aliphatic rings. The maximum Gasteiger partial charge on any atom is 0.338 e. The second kappa shape index (κ2) is 3.21. The van der Waals surface area contributed by atoms with Gasteiger partial charge in [0.05, 0.1) is 12.2 Å². The van der Waals surface area contributed by atoms with Gasteiger partial charge in [-0.25, -0.2) is 4.79 Å². The number of carbonyl (C=O) groups excluding carboxylic acids is 1. The summed E-state index contributed by atoms with van der Waals surface area (Å²) < 4.78 is 5.07. The summed E-state index contributed by atoms with van der Waals surface area (Å²) in [5, 5.41) is 0. The summed E-state index contributed by atoms with van der Waals surface area (Å²) in [6.07, 6.45) is 1.02. The van der Waals surface area contributed by atoms with Crippen molar-refractivity contribution in [2.45, 2.75) is 19.3 Å². The van der Waals surface area contributed by atoms with Gasteiger partial charge in [0.2, 0.25) is 0 Å². The van der Waals surface area contributed by atoms with Crippen LogP contribution < -0.4 is 0 Å². The highest BCUT2D eigenvalue weighted by molar-refractivity contribution is 5.92. The normalized spacial score (nSPS) is 20.7. The van der Waals surface area contributed by atoms with Crippen LogP contribution in [0.4, 0.5) is 0 Å². The van der Waals surface area contributed by atoms with Crippen molar-refractivity contribution < 1.29 is 9.53 Å². The fourth-order valence-corrected chi connectivity index (χ4v) is 1.72. The van der Waals surface area contributed by atoms with E-state index in [1.807, 2.05) is 24.3 Å². The maximum absolute atomic E-state index is 11.3. The molecule has 0 bridgehead atoms. The monoisotopic (exact) mass is 176 g/mol. The van der Waals surface area contributed by atoms with Gasteiger partial charge in [-0.2, -0.15) is 0 Å². The van der Waals surface area contributed by atoms with Crippen LogP contribution in [-0.4, -0.2) is 12.6 Å². The topological polar surface area (TPSA) is 26.3 Å². The van der Waals surface area contributed by atoms with Gasteiger partial charge in [-0.05, 0) is 18.1 Å². The van der Waals surface area contributed by atoms with Crippen molar-refractivity contribution >= 4 is 5.97 Å². The fraction of sp³-hybridized carbons (Fsp3) is 0.364. The van der Waals surface area contributed by atoms with E-state index in [0.717, 1.165) is 17.5 Å². The van der Waals surface area contributed by atoms with Crippen molar-refractivity contribution in [1.29, 1.82) is 0 Å². The Hall–Kier alpha value is -1.31. The number of ether oxygens (including phenoxy) is 1. The van der Waals surface area contributed by atoms with Crippen LogP contribution in [0.25, 0.3) is 0 Å². The number of cyclic esters (lactones) is 1. The highest BCUT2D eigenvalue weighted by Gasteiger charge is 2.24. The number of carbonyl (C=O) groups is 1. The molecule has 68 valence electrons. The van der Waals surface area contributed by atoms with Gasteiger partial charge < -0.3 is 4.74 Å². The van der Waals surface area contributed by atoms with Gasteiger partial charge in [0.1, 0.15) is 0 Å². The summed E-state index contributed by atoms with van der Waals surface area (Å²) >= 11 is 0.